The van der Waals surface area contributed by atoms with Crippen LogP contribution in [-0.4, -0.2) is 30.4 Å². The topological polar surface area (TPSA) is 84.5 Å². The molecule has 154 valence electrons. The molecule has 29 heavy (non-hydrogen) atoms. The van der Waals surface area contributed by atoms with E-state index in [1.54, 1.807) is 18.2 Å². The first-order valence-corrected chi connectivity index (χ1v) is 8.59. The fourth-order valence-corrected chi connectivity index (χ4v) is 2.35. The van der Waals surface area contributed by atoms with Crippen molar-refractivity contribution in [3.8, 4) is 0 Å². The van der Waals surface area contributed by atoms with Crippen molar-refractivity contribution in [1.29, 1.82) is 0 Å². The summed E-state index contributed by atoms with van der Waals surface area (Å²) in [5.74, 6) is -2.15. The largest absolute Gasteiger partial charge is 0.451 e. The second-order valence-corrected chi connectivity index (χ2v) is 6.25. The standard InChI is InChI=1S/C20H19F3N2O4/c1-12-5-3-6-14(9-12)19(28)24-11-17(26)29-13(2)18(27)25-16-8-4-7-15(10-16)20(21,22)23/h3-10,13H,11H2,1-2H3,(H,24,28)(H,25,27)/t13-/m0/s1. The minimum absolute atomic E-state index is 0.0829. The Morgan fingerprint density at radius 2 is 1.76 bits per heavy atom. The number of ether oxygens (including phenoxy) is 1. The fourth-order valence-electron chi connectivity index (χ4n) is 2.35. The number of hydrogen-bond acceptors (Lipinski definition) is 4. The van der Waals surface area contributed by atoms with Crippen LogP contribution in [0, 0.1) is 6.92 Å². The normalized spacial score (nSPS) is 12.0. The van der Waals surface area contributed by atoms with Gasteiger partial charge in [0.15, 0.2) is 6.10 Å². The predicted molar refractivity (Wildman–Crippen MR) is 99.1 cm³/mol. The summed E-state index contributed by atoms with van der Waals surface area (Å²) in [6, 6.07) is 10.8. The van der Waals surface area contributed by atoms with Crippen molar-refractivity contribution in [2.75, 3.05) is 11.9 Å². The molecule has 2 aromatic rings. The maximum Gasteiger partial charge on any atom is 0.416 e. The summed E-state index contributed by atoms with van der Waals surface area (Å²) in [7, 11) is 0. The molecule has 0 aliphatic heterocycles. The first-order valence-electron chi connectivity index (χ1n) is 8.59. The number of halogens is 3. The number of esters is 1. The van der Waals surface area contributed by atoms with Crippen molar-refractivity contribution >= 4 is 23.5 Å². The highest BCUT2D eigenvalue weighted by atomic mass is 19.4. The minimum atomic E-state index is -4.55. The molecule has 9 heteroatoms. The number of carbonyl (C=O) groups is 3. The molecule has 0 saturated heterocycles. The molecule has 0 unspecified atom stereocenters. The molecule has 0 heterocycles. The lowest BCUT2D eigenvalue weighted by atomic mass is 10.1. The molecule has 2 aromatic carbocycles. The Bertz CT molecular complexity index is 913. The van der Waals surface area contributed by atoms with Gasteiger partial charge in [0.05, 0.1) is 5.56 Å². The molecule has 0 aromatic heterocycles. The van der Waals surface area contributed by atoms with E-state index in [0.29, 0.717) is 5.56 Å². The molecular formula is C20H19F3N2O4. The molecule has 1 atom stereocenters. The van der Waals surface area contributed by atoms with Crippen molar-refractivity contribution in [3.63, 3.8) is 0 Å². The molecule has 0 saturated carbocycles. The first-order chi connectivity index (χ1) is 13.6. The van der Waals surface area contributed by atoms with Crippen LogP contribution in [0.3, 0.4) is 0 Å². The Balaban J connectivity index is 1.86. The Hall–Kier alpha value is -3.36. The summed E-state index contributed by atoms with van der Waals surface area (Å²) in [5, 5.41) is 4.63. The average Bonchev–Trinajstić information content (AvgIpc) is 2.65. The van der Waals surface area contributed by atoms with E-state index in [2.05, 4.69) is 10.6 Å². The molecule has 2 amide bonds. The minimum Gasteiger partial charge on any atom is -0.451 e. The molecule has 2 rings (SSSR count). The van der Waals surface area contributed by atoms with Crippen LogP contribution in [-0.2, 0) is 20.5 Å². The van der Waals surface area contributed by atoms with Crippen molar-refractivity contribution in [3.05, 3.63) is 65.2 Å². The smallest absolute Gasteiger partial charge is 0.416 e. The molecule has 2 N–H and O–H groups in total. The van der Waals surface area contributed by atoms with Gasteiger partial charge in [-0.1, -0.05) is 23.8 Å². The van der Waals surface area contributed by atoms with Crippen molar-refractivity contribution in [2.24, 2.45) is 0 Å². The Morgan fingerprint density at radius 3 is 2.41 bits per heavy atom. The third-order valence-corrected chi connectivity index (χ3v) is 3.81. The van der Waals surface area contributed by atoms with Crippen LogP contribution in [0.5, 0.6) is 0 Å². The number of benzene rings is 2. The second kappa shape index (κ2) is 9.22. The van der Waals surface area contributed by atoms with E-state index in [1.165, 1.54) is 13.0 Å². The lowest BCUT2D eigenvalue weighted by Gasteiger charge is -2.15. The van der Waals surface area contributed by atoms with E-state index in [4.69, 9.17) is 4.74 Å². The Morgan fingerprint density at radius 1 is 1.07 bits per heavy atom. The van der Waals surface area contributed by atoms with Crippen LogP contribution in [0.25, 0.3) is 0 Å². The van der Waals surface area contributed by atoms with E-state index in [1.807, 2.05) is 13.0 Å². The highest BCUT2D eigenvalue weighted by molar-refractivity contribution is 5.97. The van der Waals surface area contributed by atoms with Gasteiger partial charge in [-0.15, -0.1) is 0 Å². The van der Waals surface area contributed by atoms with E-state index in [-0.39, 0.29) is 5.69 Å². The van der Waals surface area contributed by atoms with Crippen LogP contribution in [0.15, 0.2) is 48.5 Å². The maximum absolute atomic E-state index is 12.7. The molecular weight excluding hydrogens is 389 g/mol. The molecule has 0 aliphatic carbocycles. The zero-order valence-electron chi connectivity index (χ0n) is 15.7. The van der Waals surface area contributed by atoms with Crippen LogP contribution >= 0.6 is 0 Å². The SMILES string of the molecule is Cc1cccc(C(=O)NCC(=O)O[C@@H](C)C(=O)Nc2cccc(C(F)(F)F)c2)c1. The zero-order valence-corrected chi connectivity index (χ0v) is 15.7. The molecule has 6 nitrogen and oxygen atoms in total. The van der Waals surface area contributed by atoms with Gasteiger partial charge < -0.3 is 15.4 Å². The average molecular weight is 408 g/mol. The summed E-state index contributed by atoms with van der Waals surface area (Å²) >= 11 is 0. The fraction of sp³-hybridized carbons (Fsp3) is 0.250. The van der Waals surface area contributed by atoms with Gasteiger partial charge in [0.1, 0.15) is 6.54 Å². The number of nitrogens with one attached hydrogen (secondary N) is 2. The zero-order chi connectivity index (χ0) is 21.6. The third kappa shape index (κ3) is 6.63. The van der Waals surface area contributed by atoms with Gasteiger partial charge in [-0.05, 0) is 44.2 Å². The number of anilines is 1. The van der Waals surface area contributed by atoms with E-state index >= 15 is 0 Å². The Kier molecular flexibility index (Phi) is 6.98. The number of alkyl halides is 3. The van der Waals surface area contributed by atoms with E-state index in [9.17, 15) is 27.6 Å². The quantitative estimate of drug-likeness (QED) is 0.719. The maximum atomic E-state index is 12.7. The highest BCUT2D eigenvalue weighted by Gasteiger charge is 2.30. The van der Waals surface area contributed by atoms with Gasteiger partial charge in [-0.25, -0.2) is 0 Å². The van der Waals surface area contributed by atoms with Gasteiger partial charge >= 0.3 is 12.1 Å². The number of rotatable bonds is 6. The number of aryl methyl sites for hydroxylation is 1. The predicted octanol–water partition coefficient (Wildman–Crippen LogP) is 3.31. The van der Waals surface area contributed by atoms with Gasteiger partial charge in [0.25, 0.3) is 11.8 Å². The molecule has 0 spiro atoms. The molecule has 0 bridgehead atoms. The monoisotopic (exact) mass is 408 g/mol. The third-order valence-electron chi connectivity index (χ3n) is 3.81. The van der Waals surface area contributed by atoms with Crippen molar-refractivity contribution in [1.82, 2.24) is 5.32 Å². The highest BCUT2D eigenvalue weighted by Crippen LogP contribution is 2.30. The van der Waals surface area contributed by atoms with Crippen LogP contribution in [0.2, 0.25) is 0 Å². The van der Waals surface area contributed by atoms with Crippen LogP contribution in [0.4, 0.5) is 18.9 Å². The first kappa shape index (κ1) is 21.9. The lowest BCUT2D eigenvalue weighted by Crippen LogP contribution is -2.35. The Labute approximate surface area is 165 Å². The van der Waals surface area contributed by atoms with Gasteiger partial charge in [0.2, 0.25) is 0 Å². The van der Waals surface area contributed by atoms with E-state index in [0.717, 1.165) is 23.8 Å². The second-order valence-electron chi connectivity index (χ2n) is 6.25. The molecule has 0 fully saturated rings. The molecule has 0 radical (unpaired) electrons. The summed E-state index contributed by atoms with van der Waals surface area (Å²) in [6.07, 6.45) is -5.82. The van der Waals surface area contributed by atoms with Crippen molar-refractivity contribution in [2.45, 2.75) is 26.1 Å². The van der Waals surface area contributed by atoms with Crippen molar-refractivity contribution < 1.29 is 32.3 Å². The van der Waals surface area contributed by atoms with Gasteiger partial charge in [-0.2, -0.15) is 13.2 Å². The van der Waals surface area contributed by atoms with Crippen LogP contribution < -0.4 is 10.6 Å². The van der Waals surface area contributed by atoms with Gasteiger partial charge in [0, 0.05) is 11.3 Å². The summed E-state index contributed by atoms with van der Waals surface area (Å²) in [5.41, 5.74) is 0.243. The number of carbonyl (C=O) groups excluding carboxylic acids is 3. The molecule has 0 aliphatic rings. The van der Waals surface area contributed by atoms with Crippen LogP contribution in [0.1, 0.15) is 28.4 Å². The summed E-state index contributed by atoms with van der Waals surface area (Å²) in [4.78, 5) is 35.9. The summed E-state index contributed by atoms with van der Waals surface area (Å²) in [6.45, 7) is 2.62. The van der Waals surface area contributed by atoms with E-state index < -0.39 is 42.2 Å². The number of hydrogen-bond donors (Lipinski definition) is 2. The number of amides is 2. The summed E-state index contributed by atoms with van der Waals surface area (Å²) < 4.78 is 43.0. The lowest BCUT2D eigenvalue weighted by molar-refractivity contribution is -0.152. The van der Waals surface area contributed by atoms with Gasteiger partial charge in [-0.3, -0.25) is 14.4 Å².